The Morgan fingerprint density at radius 3 is 2.68 bits per heavy atom. The Morgan fingerprint density at radius 2 is 1.94 bits per heavy atom. The minimum absolute atomic E-state index is 0.217. The summed E-state index contributed by atoms with van der Waals surface area (Å²) in [6, 6.07) is 12.4. The van der Waals surface area contributed by atoms with Gasteiger partial charge < -0.3 is 14.6 Å². The highest BCUT2D eigenvalue weighted by molar-refractivity contribution is 5.91. The number of piperazine rings is 1. The first-order valence-corrected chi connectivity index (χ1v) is 10.8. The molecule has 31 heavy (non-hydrogen) atoms. The van der Waals surface area contributed by atoms with Gasteiger partial charge in [0.15, 0.2) is 5.69 Å². The van der Waals surface area contributed by atoms with Crippen molar-refractivity contribution in [3.63, 3.8) is 0 Å². The Bertz CT molecular complexity index is 1010. The number of benzene rings is 1. The first-order valence-electron chi connectivity index (χ1n) is 10.8. The largest absolute Gasteiger partial charge is 0.447 e. The number of pyridine rings is 1. The molecular formula is C24H29N5O2. The molecule has 3 aromatic rings. The van der Waals surface area contributed by atoms with Crippen LogP contribution >= 0.6 is 0 Å². The molecule has 1 fully saturated rings. The molecule has 0 saturated carbocycles. The van der Waals surface area contributed by atoms with Crippen molar-refractivity contribution in [1.82, 2.24) is 20.2 Å². The predicted octanol–water partition coefficient (Wildman–Crippen LogP) is 2.98. The van der Waals surface area contributed by atoms with Crippen LogP contribution in [0, 0.1) is 13.8 Å². The monoisotopic (exact) mass is 419 g/mol. The summed E-state index contributed by atoms with van der Waals surface area (Å²) in [6.07, 6.45) is 3.88. The van der Waals surface area contributed by atoms with Gasteiger partial charge in [-0.3, -0.25) is 14.7 Å². The van der Waals surface area contributed by atoms with E-state index in [1.807, 2.05) is 18.2 Å². The van der Waals surface area contributed by atoms with Crippen LogP contribution in [0.1, 0.15) is 33.2 Å². The Morgan fingerprint density at radius 1 is 1.10 bits per heavy atom. The van der Waals surface area contributed by atoms with Gasteiger partial charge in [0, 0.05) is 56.7 Å². The molecule has 4 rings (SSSR count). The van der Waals surface area contributed by atoms with Gasteiger partial charge in [-0.15, -0.1) is 0 Å². The molecule has 0 bridgehead atoms. The van der Waals surface area contributed by atoms with Crippen LogP contribution in [0.2, 0.25) is 0 Å². The maximum Gasteiger partial charge on any atom is 0.273 e. The summed E-state index contributed by atoms with van der Waals surface area (Å²) in [5.74, 6) is 0.361. The molecule has 0 aliphatic carbocycles. The van der Waals surface area contributed by atoms with Crippen LogP contribution in [0.5, 0.6) is 0 Å². The van der Waals surface area contributed by atoms with E-state index < -0.39 is 0 Å². The molecule has 1 saturated heterocycles. The van der Waals surface area contributed by atoms with E-state index >= 15 is 0 Å². The van der Waals surface area contributed by atoms with Crippen molar-refractivity contribution in [2.45, 2.75) is 26.8 Å². The van der Waals surface area contributed by atoms with Crippen molar-refractivity contribution in [1.29, 1.82) is 0 Å². The number of hydrogen-bond acceptors (Lipinski definition) is 6. The SMILES string of the molecule is Cc1ccc(N2CCN(Cc3nc(C(=O)NCCc4ccccn4)co3)CC2)cc1C. The lowest BCUT2D eigenvalue weighted by Crippen LogP contribution is -2.46. The summed E-state index contributed by atoms with van der Waals surface area (Å²) in [6.45, 7) is 9.21. The van der Waals surface area contributed by atoms with Gasteiger partial charge in [0.1, 0.15) is 6.26 Å². The van der Waals surface area contributed by atoms with Crippen LogP contribution in [-0.4, -0.2) is 53.5 Å². The van der Waals surface area contributed by atoms with E-state index in [0.29, 0.717) is 31.1 Å². The number of rotatable bonds is 7. The van der Waals surface area contributed by atoms with Crippen LogP contribution in [0.25, 0.3) is 0 Å². The van der Waals surface area contributed by atoms with Crippen molar-refractivity contribution >= 4 is 11.6 Å². The lowest BCUT2D eigenvalue weighted by molar-refractivity contribution is 0.0949. The number of carbonyl (C=O) groups is 1. The van der Waals surface area contributed by atoms with Crippen LogP contribution in [0.15, 0.2) is 53.3 Å². The lowest BCUT2D eigenvalue weighted by Gasteiger charge is -2.35. The number of nitrogens with zero attached hydrogens (tertiary/aromatic N) is 4. The number of aryl methyl sites for hydroxylation is 2. The molecule has 2 aromatic heterocycles. The highest BCUT2D eigenvalue weighted by atomic mass is 16.3. The Labute approximate surface area is 183 Å². The van der Waals surface area contributed by atoms with Gasteiger partial charge in [-0.25, -0.2) is 4.98 Å². The maximum absolute atomic E-state index is 12.3. The molecular weight excluding hydrogens is 390 g/mol. The molecule has 3 heterocycles. The van der Waals surface area contributed by atoms with Crippen LogP contribution in [0.4, 0.5) is 5.69 Å². The minimum Gasteiger partial charge on any atom is -0.447 e. The summed E-state index contributed by atoms with van der Waals surface area (Å²) in [5.41, 5.74) is 5.20. The molecule has 1 amide bonds. The zero-order valence-corrected chi connectivity index (χ0v) is 18.2. The normalized spacial score (nSPS) is 14.6. The summed E-state index contributed by atoms with van der Waals surface area (Å²) < 4.78 is 5.55. The predicted molar refractivity (Wildman–Crippen MR) is 120 cm³/mol. The fourth-order valence-corrected chi connectivity index (χ4v) is 3.71. The molecule has 1 aliphatic heterocycles. The highest BCUT2D eigenvalue weighted by Gasteiger charge is 2.20. The summed E-state index contributed by atoms with van der Waals surface area (Å²) >= 11 is 0. The Hall–Kier alpha value is -3.19. The molecule has 0 atom stereocenters. The van der Waals surface area contributed by atoms with E-state index in [4.69, 9.17) is 4.42 Å². The number of amides is 1. The number of aromatic nitrogens is 2. The molecule has 0 unspecified atom stereocenters. The van der Waals surface area contributed by atoms with Gasteiger partial charge >= 0.3 is 0 Å². The van der Waals surface area contributed by atoms with Crippen LogP contribution in [0.3, 0.4) is 0 Å². The Kier molecular flexibility index (Phi) is 6.62. The van der Waals surface area contributed by atoms with Gasteiger partial charge in [-0.2, -0.15) is 0 Å². The molecule has 7 heteroatoms. The first-order chi connectivity index (χ1) is 15.1. The third-order valence-electron chi connectivity index (χ3n) is 5.76. The van der Waals surface area contributed by atoms with E-state index in [0.717, 1.165) is 31.9 Å². The minimum atomic E-state index is -0.217. The van der Waals surface area contributed by atoms with E-state index in [1.165, 1.54) is 23.1 Å². The van der Waals surface area contributed by atoms with Gasteiger partial charge in [0.25, 0.3) is 5.91 Å². The average molecular weight is 420 g/mol. The van der Waals surface area contributed by atoms with Crippen molar-refractivity contribution in [3.05, 3.63) is 77.3 Å². The molecule has 7 nitrogen and oxygen atoms in total. The lowest BCUT2D eigenvalue weighted by atomic mass is 10.1. The van der Waals surface area contributed by atoms with E-state index in [2.05, 4.69) is 57.1 Å². The molecule has 162 valence electrons. The standard InChI is InChI=1S/C24H29N5O2/c1-18-6-7-21(15-19(18)2)29-13-11-28(12-14-29)16-23-27-22(17-31-23)24(30)26-10-8-20-5-3-4-9-25-20/h3-7,9,15,17H,8,10-14,16H2,1-2H3,(H,26,30). The number of carbonyl (C=O) groups excluding carboxylic acids is 1. The Balaban J connectivity index is 1.23. The first kappa shape index (κ1) is 21.1. The summed E-state index contributed by atoms with van der Waals surface area (Å²) in [7, 11) is 0. The third-order valence-corrected chi connectivity index (χ3v) is 5.76. The second kappa shape index (κ2) is 9.75. The van der Waals surface area contributed by atoms with Crippen molar-refractivity contribution < 1.29 is 9.21 Å². The van der Waals surface area contributed by atoms with E-state index in [-0.39, 0.29) is 5.91 Å². The maximum atomic E-state index is 12.3. The molecule has 1 aliphatic rings. The zero-order chi connectivity index (χ0) is 21.6. The number of oxazole rings is 1. The number of hydrogen-bond donors (Lipinski definition) is 1. The molecule has 1 aromatic carbocycles. The fraction of sp³-hybridized carbons (Fsp3) is 0.375. The van der Waals surface area contributed by atoms with Crippen molar-refractivity contribution in [3.8, 4) is 0 Å². The van der Waals surface area contributed by atoms with E-state index in [9.17, 15) is 4.79 Å². The van der Waals surface area contributed by atoms with Gasteiger partial charge in [-0.05, 0) is 49.2 Å². The molecule has 1 N–H and O–H groups in total. The quantitative estimate of drug-likeness (QED) is 0.635. The van der Waals surface area contributed by atoms with Crippen molar-refractivity contribution in [2.75, 3.05) is 37.6 Å². The topological polar surface area (TPSA) is 74.5 Å². The van der Waals surface area contributed by atoms with E-state index in [1.54, 1.807) is 6.20 Å². The van der Waals surface area contributed by atoms with Crippen LogP contribution < -0.4 is 10.2 Å². The van der Waals surface area contributed by atoms with Crippen LogP contribution in [-0.2, 0) is 13.0 Å². The average Bonchev–Trinajstić information content (AvgIpc) is 3.25. The third kappa shape index (κ3) is 5.49. The number of nitrogens with one attached hydrogen (secondary N) is 1. The molecule has 0 spiro atoms. The smallest absolute Gasteiger partial charge is 0.273 e. The summed E-state index contributed by atoms with van der Waals surface area (Å²) in [4.78, 5) is 25.7. The number of anilines is 1. The summed E-state index contributed by atoms with van der Waals surface area (Å²) in [5, 5.41) is 2.88. The van der Waals surface area contributed by atoms with Gasteiger partial charge in [0.2, 0.25) is 5.89 Å². The molecule has 0 radical (unpaired) electrons. The fourth-order valence-electron chi connectivity index (χ4n) is 3.71. The van der Waals surface area contributed by atoms with Gasteiger partial charge in [-0.1, -0.05) is 12.1 Å². The van der Waals surface area contributed by atoms with Gasteiger partial charge in [0.05, 0.1) is 6.54 Å². The highest BCUT2D eigenvalue weighted by Crippen LogP contribution is 2.20. The second-order valence-electron chi connectivity index (χ2n) is 7.99. The zero-order valence-electron chi connectivity index (χ0n) is 18.2. The van der Waals surface area contributed by atoms with Crippen molar-refractivity contribution in [2.24, 2.45) is 0 Å². The second-order valence-corrected chi connectivity index (χ2v) is 7.99.